The van der Waals surface area contributed by atoms with Crippen molar-refractivity contribution in [3.8, 4) is 23.0 Å². The van der Waals surface area contributed by atoms with E-state index in [4.69, 9.17) is 57.8 Å². The molecule has 2 aliphatic heterocycles. The Bertz CT molecular complexity index is 1800. The standard InChI is InChI=1S/C19H21ClN2O4.C19H23ClN2O2.C2H4O2/c1-19(26-17-9-5-8-16(20)18(17)22(23)24)10-11-21(14-19)12-13-25-15-6-3-2-4-7-15;1-19(24-17-9-5-8-16(20)18(17)21)10-11-22(14-19)12-13-23-15-6-3-2-4-7-15;1-2(3)4/h2-9H,10-14H2,1H3;2-9H,10-14,21H2,1H3;1H3,(H,3,4). The van der Waals surface area contributed by atoms with Gasteiger partial charge in [0.15, 0.2) is 5.75 Å². The smallest absolute Gasteiger partial charge is 0.329 e. The van der Waals surface area contributed by atoms with Gasteiger partial charge in [-0.1, -0.05) is 71.7 Å². The van der Waals surface area contributed by atoms with Gasteiger partial charge in [-0.2, -0.15) is 0 Å². The van der Waals surface area contributed by atoms with Crippen molar-refractivity contribution in [1.82, 2.24) is 9.80 Å². The molecule has 2 saturated heterocycles. The van der Waals surface area contributed by atoms with E-state index in [-0.39, 0.29) is 22.1 Å². The van der Waals surface area contributed by atoms with Crippen molar-refractivity contribution in [3.05, 3.63) is 117 Å². The summed E-state index contributed by atoms with van der Waals surface area (Å²) in [6.45, 7) is 11.4. The fourth-order valence-corrected chi connectivity index (χ4v) is 6.51. The van der Waals surface area contributed by atoms with E-state index in [1.165, 1.54) is 6.07 Å². The number of nitro benzene ring substituents is 1. The van der Waals surface area contributed by atoms with Crippen LogP contribution in [0.15, 0.2) is 97.1 Å². The summed E-state index contributed by atoms with van der Waals surface area (Å²) in [7, 11) is 0. The summed E-state index contributed by atoms with van der Waals surface area (Å²) in [5.74, 6) is 1.79. The summed E-state index contributed by atoms with van der Waals surface area (Å²) in [5.41, 5.74) is 5.58. The highest BCUT2D eigenvalue weighted by molar-refractivity contribution is 6.33. The van der Waals surface area contributed by atoms with Crippen molar-refractivity contribution in [2.45, 2.75) is 44.8 Å². The molecular weight excluding hydrogens is 735 g/mol. The normalized spacial score (nSPS) is 19.4. The van der Waals surface area contributed by atoms with E-state index in [9.17, 15) is 10.1 Å². The Hall–Kier alpha value is -4.75. The molecule has 4 aromatic rings. The van der Waals surface area contributed by atoms with Crippen LogP contribution in [0, 0.1) is 10.1 Å². The number of rotatable bonds is 13. The van der Waals surface area contributed by atoms with Gasteiger partial charge < -0.3 is 29.8 Å². The summed E-state index contributed by atoms with van der Waals surface area (Å²) >= 11 is 12.0. The predicted octanol–water partition coefficient (Wildman–Crippen LogP) is 8.11. The van der Waals surface area contributed by atoms with Crippen molar-refractivity contribution >= 4 is 40.5 Å². The third-order valence-corrected chi connectivity index (χ3v) is 9.36. The average molecular weight is 784 g/mol. The molecule has 2 heterocycles. The van der Waals surface area contributed by atoms with Crippen molar-refractivity contribution in [3.63, 3.8) is 0 Å². The summed E-state index contributed by atoms with van der Waals surface area (Å²) in [4.78, 5) is 24.4. The van der Waals surface area contributed by atoms with Crippen LogP contribution in [0.25, 0.3) is 0 Å². The number of para-hydroxylation sites is 4. The summed E-state index contributed by atoms with van der Waals surface area (Å²) in [5, 5.41) is 19.3. The number of nitrogens with zero attached hydrogens (tertiary/aromatic N) is 3. The average Bonchev–Trinajstić information content (AvgIpc) is 3.69. The number of halogens is 2. The molecule has 0 radical (unpaired) electrons. The van der Waals surface area contributed by atoms with E-state index < -0.39 is 16.5 Å². The SMILES string of the molecule is CC(=O)O.CC1(Oc2cccc(Cl)c2N)CCN(CCOc2ccccc2)C1.CC1(Oc2cccc(Cl)c2[N+](=O)[O-])CCN(CCOc2ccccc2)C1. The highest BCUT2D eigenvalue weighted by Crippen LogP contribution is 2.38. The zero-order valence-electron chi connectivity index (χ0n) is 30.8. The van der Waals surface area contributed by atoms with Crippen LogP contribution in [0.5, 0.6) is 23.0 Å². The molecule has 0 aliphatic carbocycles. The Morgan fingerprint density at radius 3 is 1.65 bits per heavy atom. The first kappa shape index (κ1) is 42.0. The lowest BCUT2D eigenvalue weighted by molar-refractivity contribution is -0.386. The topological polar surface area (TPSA) is 150 Å². The van der Waals surface area contributed by atoms with Gasteiger partial charge in [0.05, 0.1) is 15.6 Å². The number of hydrogen-bond donors (Lipinski definition) is 2. The summed E-state index contributed by atoms with van der Waals surface area (Å²) < 4.78 is 23.7. The largest absolute Gasteiger partial charge is 0.492 e. The second-order valence-corrected chi connectivity index (χ2v) is 14.3. The van der Waals surface area contributed by atoms with Crippen molar-refractivity contribution in [1.29, 1.82) is 0 Å². The number of carbonyl (C=O) groups is 1. The van der Waals surface area contributed by atoms with Gasteiger partial charge >= 0.3 is 5.69 Å². The molecule has 3 N–H and O–H groups in total. The van der Waals surface area contributed by atoms with Crippen molar-refractivity contribution in [2.24, 2.45) is 0 Å². The quantitative estimate of drug-likeness (QED) is 0.0769. The number of anilines is 1. The highest BCUT2D eigenvalue weighted by Gasteiger charge is 2.38. The molecule has 14 heteroatoms. The van der Waals surface area contributed by atoms with E-state index in [2.05, 4.69) is 16.7 Å². The first-order chi connectivity index (χ1) is 25.8. The molecule has 54 heavy (non-hydrogen) atoms. The number of aliphatic carboxylic acids is 1. The molecule has 0 bridgehead atoms. The van der Waals surface area contributed by atoms with E-state index in [0.29, 0.717) is 36.2 Å². The predicted molar refractivity (Wildman–Crippen MR) is 211 cm³/mol. The van der Waals surface area contributed by atoms with Gasteiger partial charge in [0.25, 0.3) is 5.97 Å². The Labute approximate surface area is 326 Å². The van der Waals surface area contributed by atoms with Crippen molar-refractivity contribution in [2.75, 3.05) is 58.2 Å². The maximum Gasteiger partial charge on any atom is 0.329 e. The molecule has 290 valence electrons. The second kappa shape index (κ2) is 20.1. The monoisotopic (exact) mass is 782 g/mol. The van der Waals surface area contributed by atoms with Crippen molar-refractivity contribution < 1.29 is 33.8 Å². The molecule has 2 aliphatic rings. The van der Waals surface area contributed by atoms with Crippen LogP contribution in [0.2, 0.25) is 10.0 Å². The first-order valence-corrected chi connectivity index (χ1v) is 18.4. The Morgan fingerprint density at radius 2 is 1.19 bits per heavy atom. The second-order valence-electron chi connectivity index (χ2n) is 13.5. The minimum atomic E-state index is -0.833. The number of ether oxygens (including phenoxy) is 4. The molecule has 12 nitrogen and oxygen atoms in total. The minimum Gasteiger partial charge on any atom is -0.492 e. The van der Waals surface area contributed by atoms with Gasteiger partial charge in [0.1, 0.15) is 46.7 Å². The third-order valence-electron chi connectivity index (χ3n) is 8.73. The first-order valence-electron chi connectivity index (χ1n) is 17.6. The van der Waals surface area contributed by atoms with Crippen LogP contribution in [0.4, 0.5) is 11.4 Å². The lowest BCUT2D eigenvalue weighted by atomic mass is 10.1. The van der Waals surface area contributed by atoms with E-state index in [0.717, 1.165) is 64.0 Å². The summed E-state index contributed by atoms with van der Waals surface area (Å²) in [6, 6.07) is 29.8. The molecule has 0 spiro atoms. The van der Waals surface area contributed by atoms with Crippen LogP contribution in [0.3, 0.4) is 0 Å². The number of nitro groups is 1. The van der Waals surface area contributed by atoms with Crippen LogP contribution in [-0.2, 0) is 4.79 Å². The van der Waals surface area contributed by atoms with E-state index in [1.54, 1.807) is 18.2 Å². The molecular formula is C40H48Cl2N4O8. The molecule has 6 rings (SSSR count). The van der Waals surface area contributed by atoms with Crippen LogP contribution < -0.4 is 24.7 Å². The summed E-state index contributed by atoms with van der Waals surface area (Å²) in [6.07, 6.45) is 1.73. The fourth-order valence-electron chi connectivity index (χ4n) is 6.11. The maximum atomic E-state index is 11.3. The molecule has 2 fully saturated rings. The zero-order valence-corrected chi connectivity index (χ0v) is 32.3. The van der Waals surface area contributed by atoms with Crippen LogP contribution in [0.1, 0.15) is 33.6 Å². The number of likely N-dealkylation sites (tertiary alicyclic amines) is 2. The maximum absolute atomic E-state index is 11.3. The third kappa shape index (κ3) is 13.3. The van der Waals surface area contributed by atoms with Gasteiger partial charge in [-0.3, -0.25) is 24.7 Å². The van der Waals surface area contributed by atoms with E-state index >= 15 is 0 Å². The number of nitrogens with two attached hydrogens (primary N) is 1. The molecule has 0 saturated carbocycles. The van der Waals surface area contributed by atoms with Crippen LogP contribution in [-0.4, -0.2) is 89.5 Å². The lowest BCUT2D eigenvalue weighted by Crippen LogP contribution is -2.37. The lowest BCUT2D eigenvalue weighted by Gasteiger charge is -2.27. The molecule has 0 aromatic heterocycles. The van der Waals surface area contributed by atoms with Gasteiger partial charge in [-0.05, 0) is 62.4 Å². The number of hydrogen-bond acceptors (Lipinski definition) is 10. The van der Waals surface area contributed by atoms with Gasteiger partial charge in [0, 0.05) is 59.0 Å². The molecule has 4 aromatic carbocycles. The van der Waals surface area contributed by atoms with E-state index in [1.807, 2.05) is 79.7 Å². The molecule has 0 amide bonds. The Kier molecular flexibility index (Phi) is 15.6. The number of nitrogen functional groups attached to an aromatic ring is 1. The highest BCUT2D eigenvalue weighted by atomic mass is 35.5. The van der Waals surface area contributed by atoms with Gasteiger partial charge in [0.2, 0.25) is 0 Å². The van der Waals surface area contributed by atoms with Crippen LogP contribution >= 0.6 is 23.2 Å². The molecule has 2 unspecified atom stereocenters. The minimum absolute atomic E-state index is 0.0854. The van der Waals surface area contributed by atoms with Gasteiger partial charge in [-0.15, -0.1) is 0 Å². The Morgan fingerprint density at radius 1 is 0.759 bits per heavy atom. The van der Waals surface area contributed by atoms with Gasteiger partial charge in [-0.25, -0.2) is 0 Å². The number of carboxylic acids is 1. The Balaban J connectivity index is 0.000000220. The number of carboxylic acid groups (broad SMARTS) is 1. The fraction of sp³-hybridized carbons (Fsp3) is 0.375. The number of benzene rings is 4. The molecule has 2 atom stereocenters. The zero-order chi connectivity index (χ0) is 39.1.